The second-order valence-corrected chi connectivity index (χ2v) is 12.7. The minimum atomic E-state index is -1.07. The highest BCUT2D eigenvalue weighted by Crippen LogP contribution is 2.34. The molecule has 276 valence electrons. The number of aromatic amines is 2. The van der Waals surface area contributed by atoms with Gasteiger partial charge < -0.3 is 9.97 Å². The van der Waals surface area contributed by atoms with Crippen LogP contribution in [0.5, 0.6) is 0 Å². The lowest BCUT2D eigenvalue weighted by atomic mass is 10.0. The van der Waals surface area contributed by atoms with E-state index in [1.165, 1.54) is 24.3 Å². The number of H-pyrrole nitrogens is 2. The molecule has 2 amide bonds. The predicted molar refractivity (Wildman–Crippen MR) is 213 cm³/mol. The number of fused-ring (bicyclic) bond motifs is 2. The van der Waals surface area contributed by atoms with Crippen LogP contribution in [0.15, 0.2) is 117 Å². The molecule has 7 N–H and O–H groups in total. The Balaban J connectivity index is 1.13. The van der Waals surface area contributed by atoms with Gasteiger partial charge in [-0.3, -0.25) is 50.5 Å². The zero-order chi connectivity index (χ0) is 39.2. The van der Waals surface area contributed by atoms with Gasteiger partial charge in [0.05, 0.1) is 32.5 Å². The topological polar surface area (TPSA) is 219 Å². The number of Topliss-reactive ketones (excluding diaryl/α,β-unsaturated/α-hetero) is 2. The molecule has 0 aliphatic heterocycles. The summed E-state index contributed by atoms with van der Waals surface area (Å²) >= 11 is 13.0. The number of rotatable bonds is 12. The Morgan fingerprint density at radius 3 is 1.31 bits per heavy atom. The van der Waals surface area contributed by atoms with Crippen molar-refractivity contribution >= 4 is 91.2 Å². The monoisotopic (exact) mass is 777 g/mol. The minimum Gasteiger partial charge on any atom is -0.322 e. The van der Waals surface area contributed by atoms with E-state index in [9.17, 15) is 28.8 Å². The number of anilines is 2. The van der Waals surface area contributed by atoms with E-state index in [2.05, 4.69) is 47.4 Å². The van der Waals surface area contributed by atoms with E-state index in [4.69, 9.17) is 23.2 Å². The van der Waals surface area contributed by atoms with E-state index in [0.717, 1.165) is 25.0 Å². The summed E-state index contributed by atoms with van der Waals surface area (Å²) in [5.41, 5.74) is 13.6. The van der Waals surface area contributed by atoms with E-state index in [-0.39, 0.29) is 32.5 Å². The number of hydrazone groups is 2. The molecule has 6 rings (SSSR count). The average Bonchev–Trinajstić information content (AvgIpc) is 3.15. The van der Waals surface area contributed by atoms with Crippen LogP contribution in [0, 0.1) is 0 Å². The van der Waals surface area contributed by atoms with Crippen LogP contribution < -0.4 is 38.4 Å². The number of amides is 2. The van der Waals surface area contributed by atoms with Crippen molar-refractivity contribution in [2.24, 2.45) is 10.2 Å². The van der Waals surface area contributed by atoms with Gasteiger partial charge in [-0.1, -0.05) is 83.9 Å². The van der Waals surface area contributed by atoms with Gasteiger partial charge in [-0.2, -0.15) is 10.2 Å². The van der Waals surface area contributed by atoms with Crippen LogP contribution in [-0.4, -0.2) is 44.8 Å². The molecule has 2 aromatic heterocycles. The molecule has 6 aromatic rings. The maximum atomic E-state index is 12.9. The van der Waals surface area contributed by atoms with Crippen LogP contribution >= 0.6 is 23.2 Å². The van der Waals surface area contributed by atoms with Crippen LogP contribution in [0.4, 0.5) is 11.4 Å². The first kappa shape index (κ1) is 37.8. The van der Waals surface area contributed by atoms with Crippen LogP contribution in [0.3, 0.4) is 0 Å². The molecule has 0 unspecified atom stereocenters. The van der Waals surface area contributed by atoms with Gasteiger partial charge in [0.2, 0.25) is 11.1 Å². The Labute approximate surface area is 320 Å². The molecule has 2 heterocycles. The Hall–Kier alpha value is -6.94. The quantitative estimate of drug-likeness (QED) is 0.0500. The van der Waals surface area contributed by atoms with Gasteiger partial charge in [0.1, 0.15) is 0 Å². The van der Waals surface area contributed by atoms with Crippen molar-refractivity contribution < 1.29 is 19.2 Å². The van der Waals surface area contributed by atoms with E-state index in [1.54, 1.807) is 12.1 Å². The number of nitrogens with one attached hydrogen (secondary N) is 7. The zero-order valence-corrected chi connectivity index (χ0v) is 30.3. The van der Waals surface area contributed by atoms with Gasteiger partial charge in [-0.05, 0) is 46.5 Å². The predicted octanol–water partition coefficient (Wildman–Crippen LogP) is 5.08. The van der Waals surface area contributed by atoms with E-state index >= 15 is 0 Å². The van der Waals surface area contributed by atoms with Gasteiger partial charge in [-0.25, -0.2) is 0 Å². The first-order valence-corrected chi connectivity index (χ1v) is 17.0. The van der Waals surface area contributed by atoms with Gasteiger partial charge in [-0.15, -0.1) is 5.53 Å². The summed E-state index contributed by atoms with van der Waals surface area (Å²) in [6.07, 6.45) is 0. The smallest absolute Gasteiger partial charge is 0.290 e. The number of nitrogens with zero attached hydrogens (tertiary/aromatic N) is 2. The number of carbonyl (C=O) groups is 4. The molecule has 0 aliphatic carbocycles. The highest BCUT2D eigenvalue weighted by Gasteiger charge is 2.21. The Morgan fingerprint density at radius 2 is 0.945 bits per heavy atom. The number of pyridine rings is 2. The molecule has 17 heteroatoms. The fourth-order valence-electron chi connectivity index (χ4n) is 5.51. The van der Waals surface area contributed by atoms with Gasteiger partial charge in [0.25, 0.3) is 11.8 Å². The van der Waals surface area contributed by atoms with E-state index < -0.39 is 34.8 Å². The second kappa shape index (κ2) is 16.4. The summed E-state index contributed by atoms with van der Waals surface area (Å²) in [6.45, 7) is 2.18. The number of halogens is 2. The maximum absolute atomic E-state index is 12.9. The summed E-state index contributed by atoms with van der Waals surface area (Å²) in [5, 5.41) is 9.44. The molecule has 0 spiro atoms. The molecule has 0 bridgehead atoms. The maximum Gasteiger partial charge on any atom is 0.290 e. The summed E-state index contributed by atoms with van der Waals surface area (Å²) < 4.78 is 0. The van der Waals surface area contributed by atoms with Crippen LogP contribution in [0.1, 0.15) is 13.8 Å². The van der Waals surface area contributed by atoms with Crippen molar-refractivity contribution in [1.82, 2.24) is 26.4 Å². The number of ketones is 2. The van der Waals surface area contributed by atoms with Gasteiger partial charge in [0, 0.05) is 36.8 Å². The molecule has 4 aromatic carbocycles. The zero-order valence-electron chi connectivity index (χ0n) is 28.8. The lowest BCUT2D eigenvalue weighted by Crippen LogP contribution is -2.54. The van der Waals surface area contributed by atoms with Crippen molar-refractivity contribution in [3.05, 3.63) is 128 Å². The van der Waals surface area contributed by atoms with Crippen molar-refractivity contribution in [2.45, 2.75) is 13.8 Å². The van der Waals surface area contributed by atoms with E-state index in [0.29, 0.717) is 32.9 Å². The molecular weight excluding hydrogens is 749 g/mol. The molecule has 0 radical (unpaired) electrons. The van der Waals surface area contributed by atoms with Crippen molar-refractivity contribution in [3.63, 3.8) is 0 Å². The standard InChI is InChI=1S/C38H29Cl2N9O6/c1-19(50)35(45-43-31-17-29-25(13-27(31)39)23(15-33(52)41-29)21-9-5-3-6-10-21)37(54)47-49-48-38(55)36(20(2)51)46-44-32-18-30-26(14-28(32)40)24(16-34(53)42-30)22-11-7-4-8-12-22/h3-18,43-44,49H,1-2H3,(H,41,52)(H,42,53)(H,47,54)(H,48,55). The summed E-state index contributed by atoms with van der Waals surface area (Å²) in [5.74, 6) is -3.64. The molecule has 0 saturated heterocycles. The highest BCUT2D eigenvalue weighted by atomic mass is 35.5. The number of aromatic nitrogens is 2. The van der Waals surface area contributed by atoms with E-state index in [1.807, 2.05) is 60.7 Å². The number of hydrogen-bond acceptors (Lipinski definition) is 11. The highest BCUT2D eigenvalue weighted by molar-refractivity contribution is 6.66. The van der Waals surface area contributed by atoms with Gasteiger partial charge >= 0.3 is 0 Å². The van der Waals surface area contributed by atoms with Crippen LogP contribution in [0.2, 0.25) is 10.0 Å². The second-order valence-electron chi connectivity index (χ2n) is 11.9. The van der Waals surface area contributed by atoms with Crippen LogP contribution in [0.25, 0.3) is 44.1 Å². The molecule has 0 fully saturated rings. The lowest BCUT2D eigenvalue weighted by Gasteiger charge is -2.12. The SMILES string of the molecule is CC(=O)C(=NNc1cc2[nH]c(=O)cc(-c3ccccc3)c2cc1Cl)C(=O)NNNC(=O)C(=NNc1cc2[nH]c(=O)cc(-c3ccccc3)c2cc1Cl)C(C)=O. The summed E-state index contributed by atoms with van der Waals surface area (Å²) in [4.78, 5) is 80.8. The fraction of sp³-hybridized carbons (Fsp3) is 0.0526. The number of hydrogen-bond donors (Lipinski definition) is 7. The Bertz CT molecular complexity index is 2510. The summed E-state index contributed by atoms with van der Waals surface area (Å²) in [6, 6.07) is 27.6. The van der Waals surface area contributed by atoms with Crippen molar-refractivity contribution in [3.8, 4) is 22.3 Å². The first-order valence-electron chi connectivity index (χ1n) is 16.3. The third-order valence-corrected chi connectivity index (χ3v) is 8.68. The van der Waals surface area contributed by atoms with Gasteiger partial charge in [0.15, 0.2) is 23.0 Å². The normalized spacial score (nSPS) is 11.6. The van der Waals surface area contributed by atoms with Crippen LogP contribution in [-0.2, 0) is 19.2 Å². The molecule has 0 saturated carbocycles. The Kier molecular flexibility index (Phi) is 11.3. The van der Waals surface area contributed by atoms with Crippen molar-refractivity contribution in [2.75, 3.05) is 10.9 Å². The Morgan fingerprint density at radius 1 is 0.564 bits per heavy atom. The number of carbonyl (C=O) groups excluding carboxylic acids is 4. The third kappa shape index (κ3) is 8.66. The average molecular weight is 779 g/mol. The first-order chi connectivity index (χ1) is 26.4. The molecule has 0 atom stereocenters. The number of hydrazine groups is 2. The largest absolute Gasteiger partial charge is 0.322 e. The van der Waals surface area contributed by atoms with Crippen molar-refractivity contribution in [1.29, 1.82) is 0 Å². The minimum absolute atomic E-state index is 0.173. The lowest BCUT2D eigenvalue weighted by molar-refractivity contribution is -0.119. The fourth-order valence-corrected chi connectivity index (χ4v) is 5.92. The molecule has 55 heavy (non-hydrogen) atoms. The number of benzene rings is 4. The molecule has 15 nitrogen and oxygen atoms in total. The summed E-state index contributed by atoms with van der Waals surface area (Å²) in [7, 11) is 0. The molecule has 0 aliphatic rings. The third-order valence-electron chi connectivity index (χ3n) is 8.06. The molecular formula is C38H29Cl2N9O6.